The van der Waals surface area contributed by atoms with Crippen molar-refractivity contribution in [2.75, 3.05) is 18.1 Å². The molecule has 0 aromatic heterocycles. The molecule has 1 aromatic rings. The smallest absolute Gasteiger partial charge is 0.125 e. The Morgan fingerprint density at radius 3 is 3.00 bits per heavy atom. The van der Waals surface area contributed by atoms with Crippen LogP contribution in [0.15, 0.2) is 18.2 Å². The number of rotatable bonds is 4. The van der Waals surface area contributed by atoms with E-state index in [9.17, 15) is 8.60 Å². The Morgan fingerprint density at radius 2 is 2.35 bits per heavy atom. The summed E-state index contributed by atoms with van der Waals surface area (Å²) in [5, 5.41) is 0. The highest BCUT2D eigenvalue weighted by atomic mass is 32.2. The summed E-state index contributed by atoms with van der Waals surface area (Å²) in [4.78, 5) is 0. The van der Waals surface area contributed by atoms with E-state index in [0.717, 1.165) is 25.0 Å². The molecule has 17 heavy (non-hydrogen) atoms. The van der Waals surface area contributed by atoms with Gasteiger partial charge in [-0.15, -0.1) is 0 Å². The number of nitrogens with two attached hydrogens (primary N) is 1. The standard InChI is InChI=1S/C12H16FNO2S/c13-10-4-3-9(12(14)6-10)7-17(15)8-11-2-1-5-16-11/h3-4,6,11H,1-2,5,7-8,14H2. The SMILES string of the molecule is Nc1cc(F)ccc1CS(=O)CC1CCCO1. The molecule has 0 bridgehead atoms. The first-order valence-corrected chi connectivity index (χ1v) is 7.14. The minimum absolute atomic E-state index is 0.109. The molecule has 2 rings (SSSR count). The van der Waals surface area contributed by atoms with E-state index in [2.05, 4.69) is 0 Å². The Kier molecular flexibility index (Phi) is 4.12. The van der Waals surface area contributed by atoms with E-state index in [4.69, 9.17) is 10.5 Å². The quantitative estimate of drug-likeness (QED) is 0.837. The summed E-state index contributed by atoms with van der Waals surface area (Å²) in [5.41, 5.74) is 6.78. The van der Waals surface area contributed by atoms with E-state index in [1.54, 1.807) is 6.07 Å². The zero-order valence-corrected chi connectivity index (χ0v) is 10.3. The molecule has 2 N–H and O–H groups in total. The fourth-order valence-electron chi connectivity index (χ4n) is 1.91. The van der Waals surface area contributed by atoms with E-state index in [-0.39, 0.29) is 11.9 Å². The lowest BCUT2D eigenvalue weighted by atomic mass is 10.2. The fourth-order valence-corrected chi connectivity index (χ4v) is 3.32. The lowest BCUT2D eigenvalue weighted by Crippen LogP contribution is -2.17. The zero-order valence-electron chi connectivity index (χ0n) is 9.52. The van der Waals surface area contributed by atoms with Crippen LogP contribution < -0.4 is 5.73 Å². The van der Waals surface area contributed by atoms with Gasteiger partial charge in [0.25, 0.3) is 0 Å². The molecule has 1 aliphatic heterocycles. The van der Waals surface area contributed by atoms with Gasteiger partial charge in [-0.3, -0.25) is 4.21 Å². The molecule has 2 unspecified atom stereocenters. The molecule has 3 nitrogen and oxygen atoms in total. The van der Waals surface area contributed by atoms with Gasteiger partial charge in [-0.25, -0.2) is 4.39 Å². The first-order chi connectivity index (χ1) is 8.15. The van der Waals surface area contributed by atoms with Crippen molar-refractivity contribution < 1.29 is 13.3 Å². The van der Waals surface area contributed by atoms with Crippen molar-refractivity contribution in [2.45, 2.75) is 24.7 Å². The van der Waals surface area contributed by atoms with E-state index >= 15 is 0 Å². The maximum atomic E-state index is 12.8. The van der Waals surface area contributed by atoms with Crippen molar-refractivity contribution in [1.82, 2.24) is 0 Å². The fraction of sp³-hybridized carbons (Fsp3) is 0.500. The highest BCUT2D eigenvalue weighted by Crippen LogP contribution is 2.18. The molecular weight excluding hydrogens is 241 g/mol. The van der Waals surface area contributed by atoms with Crippen LogP contribution in [0.25, 0.3) is 0 Å². The van der Waals surface area contributed by atoms with Crippen LogP contribution in [0.3, 0.4) is 0 Å². The van der Waals surface area contributed by atoms with Gasteiger partial charge in [-0.05, 0) is 30.5 Å². The van der Waals surface area contributed by atoms with Gasteiger partial charge in [0.05, 0.1) is 17.6 Å². The number of halogens is 1. The summed E-state index contributed by atoms with van der Waals surface area (Å²) in [7, 11) is -1.01. The molecule has 2 atom stereocenters. The second kappa shape index (κ2) is 5.60. The lowest BCUT2D eigenvalue weighted by Gasteiger charge is -2.10. The Hall–Kier alpha value is -0.940. The Morgan fingerprint density at radius 1 is 1.53 bits per heavy atom. The maximum Gasteiger partial charge on any atom is 0.125 e. The maximum absolute atomic E-state index is 12.8. The average Bonchev–Trinajstić information content (AvgIpc) is 2.75. The minimum atomic E-state index is -1.01. The second-order valence-electron chi connectivity index (χ2n) is 4.23. The topological polar surface area (TPSA) is 52.3 Å². The Bertz CT molecular complexity index is 419. The molecule has 0 aliphatic carbocycles. The van der Waals surface area contributed by atoms with E-state index < -0.39 is 10.8 Å². The summed E-state index contributed by atoms with van der Waals surface area (Å²) in [6.07, 6.45) is 2.13. The van der Waals surface area contributed by atoms with E-state index in [0.29, 0.717) is 17.2 Å². The van der Waals surface area contributed by atoms with Crippen LogP contribution in [0.5, 0.6) is 0 Å². The van der Waals surface area contributed by atoms with Gasteiger partial charge >= 0.3 is 0 Å². The number of hydrogen-bond donors (Lipinski definition) is 1. The van der Waals surface area contributed by atoms with Crippen molar-refractivity contribution >= 4 is 16.5 Å². The average molecular weight is 257 g/mol. The van der Waals surface area contributed by atoms with Crippen molar-refractivity contribution in [3.63, 3.8) is 0 Å². The van der Waals surface area contributed by atoms with Gasteiger partial charge in [0.2, 0.25) is 0 Å². The minimum Gasteiger partial charge on any atom is -0.398 e. The van der Waals surface area contributed by atoms with E-state index in [1.807, 2.05) is 0 Å². The van der Waals surface area contributed by atoms with Crippen LogP contribution in [0.1, 0.15) is 18.4 Å². The molecule has 0 saturated carbocycles. The van der Waals surface area contributed by atoms with Crippen molar-refractivity contribution in [3.8, 4) is 0 Å². The summed E-state index contributed by atoms with van der Waals surface area (Å²) in [6, 6.07) is 4.20. The number of anilines is 1. The Balaban J connectivity index is 1.93. The number of hydrogen-bond acceptors (Lipinski definition) is 3. The van der Waals surface area contributed by atoms with Crippen molar-refractivity contribution in [3.05, 3.63) is 29.6 Å². The van der Waals surface area contributed by atoms with Gasteiger partial charge in [-0.2, -0.15) is 0 Å². The molecule has 0 radical (unpaired) electrons. The van der Waals surface area contributed by atoms with Gasteiger partial charge < -0.3 is 10.5 Å². The van der Waals surface area contributed by atoms with Crippen LogP contribution in [0, 0.1) is 5.82 Å². The Labute approximate surface area is 103 Å². The van der Waals surface area contributed by atoms with Crippen LogP contribution in [0.4, 0.5) is 10.1 Å². The number of nitrogen functional groups attached to an aromatic ring is 1. The molecular formula is C12H16FNO2S. The molecule has 0 amide bonds. The van der Waals surface area contributed by atoms with Crippen LogP contribution in [0.2, 0.25) is 0 Å². The summed E-state index contributed by atoms with van der Waals surface area (Å²) in [5.74, 6) is 0.541. The summed E-state index contributed by atoms with van der Waals surface area (Å²) < 4.78 is 30.2. The molecule has 5 heteroatoms. The molecule has 94 valence electrons. The highest BCUT2D eigenvalue weighted by molar-refractivity contribution is 7.84. The normalized spacial score (nSPS) is 21.6. The molecule has 1 aliphatic rings. The number of ether oxygens (including phenoxy) is 1. The largest absolute Gasteiger partial charge is 0.398 e. The van der Waals surface area contributed by atoms with Gasteiger partial charge in [-0.1, -0.05) is 6.07 Å². The third-order valence-corrected chi connectivity index (χ3v) is 4.20. The van der Waals surface area contributed by atoms with Gasteiger partial charge in [0, 0.05) is 23.1 Å². The summed E-state index contributed by atoms with van der Waals surface area (Å²) in [6.45, 7) is 0.764. The van der Waals surface area contributed by atoms with Crippen LogP contribution >= 0.6 is 0 Å². The second-order valence-corrected chi connectivity index (χ2v) is 5.73. The van der Waals surface area contributed by atoms with Crippen molar-refractivity contribution in [1.29, 1.82) is 0 Å². The zero-order chi connectivity index (χ0) is 12.3. The molecule has 0 spiro atoms. The third-order valence-electron chi connectivity index (χ3n) is 2.82. The third kappa shape index (κ3) is 3.51. The molecule has 1 saturated heterocycles. The predicted molar refractivity (Wildman–Crippen MR) is 66.5 cm³/mol. The molecule has 1 fully saturated rings. The first kappa shape index (κ1) is 12.5. The highest BCUT2D eigenvalue weighted by Gasteiger charge is 2.18. The van der Waals surface area contributed by atoms with E-state index in [1.165, 1.54) is 12.1 Å². The van der Waals surface area contributed by atoms with Crippen molar-refractivity contribution in [2.24, 2.45) is 0 Å². The van der Waals surface area contributed by atoms with Crippen LogP contribution in [-0.4, -0.2) is 22.7 Å². The lowest BCUT2D eigenvalue weighted by molar-refractivity contribution is 0.128. The summed E-state index contributed by atoms with van der Waals surface area (Å²) >= 11 is 0. The predicted octanol–water partition coefficient (Wildman–Crippen LogP) is 1.84. The molecule has 1 aromatic carbocycles. The number of benzene rings is 1. The van der Waals surface area contributed by atoms with Crippen LogP contribution in [-0.2, 0) is 21.3 Å². The molecule has 1 heterocycles. The first-order valence-electron chi connectivity index (χ1n) is 5.65. The van der Waals surface area contributed by atoms with Gasteiger partial charge in [0.1, 0.15) is 5.82 Å². The monoisotopic (exact) mass is 257 g/mol. The van der Waals surface area contributed by atoms with Gasteiger partial charge in [0.15, 0.2) is 0 Å².